The van der Waals surface area contributed by atoms with Crippen molar-refractivity contribution in [2.45, 2.75) is 37.4 Å². The van der Waals surface area contributed by atoms with Crippen molar-refractivity contribution in [2.24, 2.45) is 0 Å². The Bertz CT molecular complexity index is 492. The number of rotatable bonds is 6. The van der Waals surface area contributed by atoms with Crippen LogP contribution in [-0.4, -0.2) is 34.2 Å². The van der Waals surface area contributed by atoms with E-state index in [0.717, 1.165) is 6.54 Å². The zero-order valence-corrected chi connectivity index (χ0v) is 11.8. The molecule has 2 heterocycles. The van der Waals surface area contributed by atoms with E-state index in [2.05, 4.69) is 10.0 Å². The van der Waals surface area contributed by atoms with Crippen LogP contribution in [0.25, 0.3) is 0 Å². The van der Waals surface area contributed by atoms with Gasteiger partial charge in [-0.2, -0.15) is 0 Å². The molecule has 1 aliphatic heterocycles. The van der Waals surface area contributed by atoms with Crippen LogP contribution >= 0.6 is 0 Å². The second-order valence-electron chi connectivity index (χ2n) is 4.51. The molecule has 108 valence electrons. The summed E-state index contributed by atoms with van der Waals surface area (Å²) in [5.74, 6) is 0.620. The van der Waals surface area contributed by atoms with Crippen LogP contribution in [0.2, 0.25) is 0 Å². The minimum Gasteiger partial charge on any atom is -0.447 e. The van der Waals surface area contributed by atoms with E-state index in [1.165, 1.54) is 6.07 Å². The summed E-state index contributed by atoms with van der Waals surface area (Å²) < 4.78 is 37.5. The highest BCUT2D eigenvalue weighted by atomic mass is 32.2. The molecule has 7 heteroatoms. The highest BCUT2D eigenvalue weighted by molar-refractivity contribution is 7.89. The van der Waals surface area contributed by atoms with Gasteiger partial charge in [0.05, 0.1) is 6.54 Å². The SMILES string of the molecule is CCNCc1ccc(S(=O)(=O)NC2CCOCC2)o1. The van der Waals surface area contributed by atoms with Crippen LogP contribution in [0.3, 0.4) is 0 Å². The number of ether oxygens (including phenoxy) is 1. The molecule has 0 aromatic carbocycles. The maximum absolute atomic E-state index is 12.1. The third-order valence-corrected chi connectivity index (χ3v) is 4.39. The number of sulfonamides is 1. The fourth-order valence-corrected chi connectivity index (χ4v) is 3.19. The van der Waals surface area contributed by atoms with E-state index >= 15 is 0 Å². The van der Waals surface area contributed by atoms with Gasteiger partial charge < -0.3 is 14.5 Å². The molecule has 0 amide bonds. The molecular formula is C12H20N2O4S. The Morgan fingerprint density at radius 3 is 2.74 bits per heavy atom. The van der Waals surface area contributed by atoms with Crippen LogP contribution in [0, 0.1) is 0 Å². The molecule has 1 saturated heterocycles. The molecular weight excluding hydrogens is 268 g/mol. The number of hydrogen-bond acceptors (Lipinski definition) is 5. The highest BCUT2D eigenvalue weighted by Crippen LogP contribution is 2.16. The van der Waals surface area contributed by atoms with E-state index in [9.17, 15) is 8.42 Å². The van der Waals surface area contributed by atoms with Crippen LogP contribution in [0.1, 0.15) is 25.5 Å². The van der Waals surface area contributed by atoms with Crippen LogP contribution in [0.15, 0.2) is 21.6 Å². The zero-order chi connectivity index (χ0) is 13.7. The van der Waals surface area contributed by atoms with Crippen molar-refractivity contribution in [3.05, 3.63) is 17.9 Å². The molecule has 19 heavy (non-hydrogen) atoms. The summed E-state index contributed by atoms with van der Waals surface area (Å²) in [7, 11) is -3.56. The predicted octanol–water partition coefficient (Wildman–Crippen LogP) is 0.846. The largest absolute Gasteiger partial charge is 0.447 e. The number of hydrogen-bond donors (Lipinski definition) is 2. The summed E-state index contributed by atoms with van der Waals surface area (Å²) in [6.45, 7) is 4.51. The van der Waals surface area contributed by atoms with Gasteiger partial charge in [-0.25, -0.2) is 13.1 Å². The molecule has 0 aliphatic carbocycles. The Kier molecular flexibility index (Phi) is 4.98. The lowest BCUT2D eigenvalue weighted by Crippen LogP contribution is -2.38. The fourth-order valence-electron chi connectivity index (χ4n) is 1.94. The Morgan fingerprint density at radius 1 is 1.32 bits per heavy atom. The molecule has 2 rings (SSSR count). The first-order valence-electron chi connectivity index (χ1n) is 6.51. The minimum absolute atomic E-state index is 0.0214. The summed E-state index contributed by atoms with van der Waals surface area (Å²) in [6, 6.07) is 3.11. The molecule has 0 radical (unpaired) electrons. The summed E-state index contributed by atoms with van der Waals surface area (Å²) in [4.78, 5) is 0. The van der Waals surface area contributed by atoms with Gasteiger partial charge in [-0.15, -0.1) is 0 Å². The normalized spacial score (nSPS) is 17.7. The van der Waals surface area contributed by atoms with Gasteiger partial charge in [0.25, 0.3) is 10.0 Å². The van der Waals surface area contributed by atoms with Crippen LogP contribution in [0.5, 0.6) is 0 Å². The molecule has 1 aromatic heterocycles. The van der Waals surface area contributed by atoms with E-state index in [1.807, 2.05) is 6.92 Å². The van der Waals surface area contributed by atoms with E-state index < -0.39 is 10.0 Å². The van der Waals surface area contributed by atoms with Gasteiger partial charge in [0.1, 0.15) is 5.76 Å². The van der Waals surface area contributed by atoms with Crippen molar-refractivity contribution < 1.29 is 17.6 Å². The Labute approximate surface area is 113 Å². The minimum atomic E-state index is -3.56. The molecule has 0 unspecified atom stereocenters. The van der Waals surface area contributed by atoms with Crippen molar-refractivity contribution in [3.63, 3.8) is 0 Å². The second-order valence-corrected chi connectivity index (χ2v) is 6.15. The van der Waals surface area contributed by atoms with Crippen LogP contribution < -0.4 is 10.0 Å². The van der Waals surface area contributed by atoms with E-state index in [0.29, 0.717) is 38.4 Å². The Morgan fingerprint density at radius 2 is 2.05 bits per heavy atom. The average molecular weight is 288 g/mol. The third-order valence-electron chi connectivity index (χ3n) is 2.99. The summed E-state index contributed by atoms with van der Waals surface area (Å²) in [5.41, 5.74) is 0. The second kappa shape index (κ2) is 6.51. The lowest BCUT2D eigenvalue weighted by molar-refractivity contribution is 0.0831. The van der Waals surface area contributed by atoms with Crippen molar-refractivity contribution >= 4 is 10.0 Å². The van der Waals surface area contributed by atoms with E-state index in [4.69, 9.17) is 9.15 Å². The van der Waals surface area contributed by atoms with Crippen molar-refractivity contribution in [3.8, 4) is 0 Å². The average Bonchev–Trinajstić information content (AvgIpc) is 2.86. The zero-order valence-electron chi connectivity index (χ0n) is 11.0. The standard InChI is InChI=1S/C12H20N2O4S/c1-2-13-9-11-3-4-12(18-11)19(15,16)14-10-5-7-17-8-6-10/h3-4,10,13-14H,2,5-9H2,1H3. The Hall–Kier alpha value is -0.890. The number of nitrogens with one attached hydrogen (secondary N) is 2. The molecule has 1 fully saturated rings. The number of furan rings is 1. The van der Waals surface area contributed by atoms with E-state index in [1.54, 1.807) is 6.07 Å². The Balaban J connectivity index is 1.99. The molecule has 0 atom stereocenters. The van der Waals surface area contributed by atoms with Gasteiger partial charge in [0, 0.05) is 19.3 Å². The molecule has 0 bridgehead atoms. The van der Waals surface area contributed by atoms with Crippen LogP contribution in [-0.2, 0) is 21.3 Å². The summed E-state index contributed by atoms with van der Waals surface area (Å²) >= 11 is 0. The third kappa shape index (κ3) is 4.04. The molecule has 1 aliphatic rings. The molecule has 0 spiro atoms. The fraction of sp³-hybridized carbons (Fsp3) is 0.667. The van der Waals surface area contributed by atoms with Gasteiger partial charge in [0.2, 0.25) is 5.09 Å². The van der Waals surface area contributed by atoms with Gasteiger partial charge in [-0.1, -0.05) is 6.92 Å². The maximum Gasteiger partial charge on any atom is 0.274 e. The van der Waals surface area contributed by atoms with E-state index in [-0.39, 0.29) is 11.1 Å². The van der Waals surface area contributed by atoms with Gasteiger partial charge >= 0.3 is 0 Å². The topological polar surface area (TPSA) is 80.6 Å². The van der Waals surface area contributed by atoms with Gasteiger partial charge in [-0.3, -0.25) is 0 Å². The first-order valence-corrected chi connectivity index (χ1v) is 7.99. The lowest BCUT2D eigenvalue weighted by Gasteiger charge is -2.22. The van der Waals surface area contributed by atoms with Gasteiger partial charge in [0.15, 0.2) is 0 Å². The molecule has 1 aromatic rings. The van der Waals surface area contributed by atoms with Gasteiger partial charge in [-0.05, 0) is 31.5 Å². The summed E-state index contributed by atoms with van der Waals surface area (Å²) in [6.07, 6.45) is 1.40. The maximum atomic E-state index is 12.1. The first-order chi connectivity index (χ1) is 9.12. The summed E-state index contributed by atoms with van der Waals surface area (Å²) in [5, 5.41) is 3.06. The quantitative estimate of drug-likeness (QED) is 0.811. The monoisotopic (exact) mass is 288 g/mol. The van der Waals surface area contributed by atoms with Crippen LogP contribution in [0.4, 0.5) is 0 Å². The smallest absolute Gasteiger partial charge is 0.274 e. The van der Waals surface area contributed by atoms with Crippen molar-refractivity contribution in [2.75, 3.05) is 19.8 Å². The highest BCUT2D eigenvalue weighted by Gasteiger charge is 2.24. The molecule has 6 nitrogen and oxygen atoms in total. The molecule has 0 saturated carbocycles. The first kappa shape index (κ1) is 14.5. The molecule has 2 N–H and O–H groups in total. The lowest BCUT2D eigenvalue weighted by atomic mass is 10.1. The van der Waals surface area contributed by atoms with Crippen molar-refractivity contribution in [1.82, 2.24) is 10.0 Å². The predicted molar refractivity (Wildman–Crippen MR) is 70.3 cm³/mol. The van der Waals surface area contributed by atoms with Crippen molar-refractivity contribution in [1.29, 1.82) is 0 Å².